The largest absolute Gasteiger partial charge is 0.371 e. The summed E-state index contributed by atoms with van der Waals surface area (Å²) in [7, 11) is 1.78. The van der Waals surface area contributed by atoms with E-state index in [4.69, 9.17) is 10.4 Å². The fraction of sp³-hybridized carbons (Fsp3) is 0.522. The van der Waals surface area contributed by atoms with Gasteiger partial charge < -0.3 is 10.6 Å². The van der Waals surface area contributed by atoms with Crippen molar-refractivity contribution >= 4 is 11.5 Å². The van der Waals surface area contributed by atoms with Gasteiger partial charge in [0.15, 0.2) is 0 Å². The monoisotopic (exact) mass is 406 g/mol. The molecule has 2 saturated carbocycles. The lowest BCUT2D eigenvalue weighted by Gasteiger charge is -2.18. The molecule has 7 nitrogen and oxygen atoms in total. The third kappa shape index (κ3) is 3.26. The van der Waals surface area contributed by atoms with E-state index < -0.39 is 0 Å². The Hall–Kier alpha value is -2.83. The lowest BCUT2D eigenvalue weighted by Crippen LogP contribution is -2.59. The van der Waals surface area contributed by atoms with Crippen LogP contribution in [0.1, 0.15) is 51.0 Å². The summed E-state index contributed by atoms with van der Waals surface area (Å²) in [6.07, 6.45) is 8.18. The Morgan fingerprint density at radius 3 is 2.67 bits per heavy atom. The number of nitrogens with zero attached hydrogens (tertiary/aromatic N) is 3. The van der Waals surface area contributed by atoms with Gasteiger partial charge in [0, 0.05) is 19.3 Å². The first-order chi connectivity index (χ1) is 14.6. The van der Waals surface area contributed by atoms with Crippen LogP contribution < -0.4 is 32.5 Å². The standard InChI is InChI=1S/C23H30N6O/c1-28-22(30)19(20(24)29-18-13-7-12-17(18)27-23(28)29)21(25-14-15-8-5-6-9-15)26-16-10-3-2-4-11-16/h2-4,10-11,15,17-18,24-26H,5-9,12-14H2,1H3/b21-19-,24-20?/t17-,18+/m1/s1. The SMILES string of the molecule is Cn1c(=O)/c(=C(/NCC2CCCC2)Nc2ccccc2)c(=N)n2c1=N[C@@H]1CCC[C@@H]12. The van der Waals surface area contributed by atoms with Crippen molar-refractivity contribution in [3.05, 3.63) is 57.0 Å². The van der Waals surface area contributed by atoms with Gasteiger partial charge in [-0.1, -0.05) is 31.0 Å². The maximum atomic E-state index is 13.4. The van der Waals surface area contributed by atoms with E-state index in [-0.39, 0.29) is 23.1 Å². The first-order valence-electron chi connectivity index (χ1n) is 11.2. The number of fused-ring (bicyclic) bond motifs is 3. The normalized spacial score (nSPS) is 23.6. The Kier molecular flexibility index (Phi) is 4.97. The minimum atomic E-state index is -0.174. The molecule has 0 bridgehead atoms. The van der Waals surface area contributed by atoms with Gasteiger partial charge in [0.2, 0.25) is 5.62 Å². The van der Waals surface area contributed by atoms with E-state index in [9.17, 15) is 4.79 Å². The van der Waals surface area contributed by atoms with Gasteiger partial charge in [0.05, 0.1) is 12.1 Å². The van der Waals surface area contributed by atoms with Crippen molar-refractivity contribution in [3.63, 3.8) is 0 Å². The van der Waals surface area contributed by atoms with Gasteiger partial charge in [-0.15, -0.1) is 0 Å². The minimum absolute atomic E-state index is 0.174. The molecule has 7 heteroatoms. The molecule has 1 aromatic carbocycles. The van der Waals surface area contributed by atoms with Crippen LogP contribution in [-0.4, -0.2) is 21.7 Å². The van der Waals surface area contributed by atoms with E-state index in [1.807, 2.05) is 34.9 Å². The van der Waals surface area contributed by atoms with Crippen molar-refractivity contribution in [1.82, 2.24) is 14.5 Å². The second-order valence-corrected chi connectivity index (χ2v) is 8.85. The predicted octanol–water partition coefficient (Wildman–Crippen LogP) is 1.35. The highest BCUT2D eigenvalue weighted by Gasteiger charge is 2.35. The Balaban J connectivity index is 1.66. The number of nitrogens with one attached hydrogen (secondary N) is 3. The molecule has 3 N–H and O–H groups in total. The van der Waals surface area contributed by atoms with Gasteiger partial charge >= 0.3 is 0 Å². The van der Waals surface area contributed by atoms with Crippen LogP contribution in [0.25, 0.3) is 5.82 Å². The van der Waals surface area contributed by atoms with Gasteiger partial charge in [-0.2, -0.15) is 0 Å². The van der Waals surface area contributed by atoms with E-state index >= 15 is 0 Å². The van der Waals surface area contributed by atoms with Gasteiger partial charge in [-0.3, -0.25) is 19.3 Å². The van der Waals surface area contributed by atoms with Crippen LogP contribution in [0, 0.1) is 11.3 Å². The number of aromatic nitrogens is 2. The summed E-state index contributed by atoms with van der Waals surface area (Å²) in [4.78, 5) is 18.1. The Bertz CT molecular complexity index is 1170. The van der Waals surface area contributed by atoms with E-state index in [1.54, 1.807) is 11.6 Å². The molecule has 2 aliphatic carbocycles. The van der Waals surface area contributed by atoms with Crippen molar-refractivity contribution in [3.8, 4) is 0 Å². The van der Waals surface area contributed by atoms with Gasteiger partial charge in [0.1, 0.15) is 16.5 Å². The first kappa shape index (κ1) is 19.2. The second-order valence-electron chi connectivity index (χ2n) is 8.85. The highest BCUT2D eigenvalue weighted by Crippen LogP contribution is 2.32. The molecule has 30 heavy (non-hydrogen) atoms. The van der Waals surface area contributed by atoms with Gasteiger partial charge in [0.25, 0.3) is 5.56 Å². The summed E-state index contributed by atoms with van der Waals surface area (Å²) in [5.41, 5.74) is 1.64. The number of anilines is 1. The first-order valence-corrected chi connectivity index (χ1v) is 11.2. The lowest BCUT2D eigenvalue weighted by molar-refractivity contribution is 0.465. The maximum absolute atomic E-state index is 13.4. The summed E-state index contributed by atoms with van der Waals surface area (Å²) < 4.78 is 3.61. The number of hydrogen-bond donors (Lipinski definition) is 3. The maximum Gasteiger partial charge on any atom is 0.267 e. The van der Waals surface area contributed by atoms with Gasteiger partial charge in [-0.25, -0.2) is 4.99 Å². The number of para-hydroxylation sites is 1. The number of hydrogen-bond acceptors (Lipinski definition) is 5. The topological polar surface area (TPSA) is 87.2 Å². The Morgan fingerprint density at radius 1 is 1.13 bits per heavy atom. The van der Waals surface area contributed by atoms with Crippen LogP contribution in [0.2, 0.25) is 0 Å². The zero-order valence-electron chi connectivity index (χ0n) is 17.5. The average molecular weight is 407 g/mol. The molecule has 0 saturated heterocycles. The molecule has 3 aliphatic rings. The van der Waals surface area contributed by atoms with E-state index in [0.29, 0.717) is 22.6 Å². The fourth-order valence-corrected chi connectivity index (χ4v) is 5.27. The number of benzene rings is 1. The molecule has 0 amide bonds. The van der Waals surface area contributed by atoms with Crippen molar-refractivity contribution in [2.24, 2.45) is 18.0 Å². The fourth-order valence-electron chi connectivity index (χ4n) is 5.27. The van der Waals surface area contributed by atoms with Crippen LogP contribution in [0.4, 0.5) is 5.69 Å². The highest BCUT2D eigenvalue weighted by molar-refractivity contribution is 5.62. The third-order valence-corrected chi connectivity index (χ3v) is 6.90. The summed E-state index contributed by atoms with van der Waals surface area (Å²) in [5, 5.41) is 16.3. The molecular weight excluding hydrogens is 376 g/mol. The molecule has 2 fully saturated rings. The van der Waals surface area contributed by atoms with Crippen molar-refractivity contribution < 1.29 is 0 Å². The summed E-state index contributed by atoms with van der Waals surface area (Å²) in [5.74, 6) is 1.25. The van der Waals surface area contributed by atoms with Crippen LogP contribution in [0.3, 0.4) is 0 Å². The number of rotatable bonds is 5. The lowest BCUT2D eigenvalue weighted by atomic mass is 10.1. The zero-order valence-corrected chi connectivity index (χ0v) is 17.5. The molecule has 0 radical (unpaired) electrons. The Morgan fingerprint density at radius 2 is 1.90 bits per heavy atom. The molecule has 1 aliphatic heterocycles. The molecule has 0 spiro atoms. The molecule has 2 heterocycles. The van der Waals surface area contributed by atoms with Crippen LogP contribution >= 0.6 is 0 Å². The third-order valence-electron chi connectivity index (χ3n) is 6.90. The summed E-state index contributed by atoms with van der Waals surface area (Å²) in [6, 6.07) is 10.3. The molecule has 2 atom stereocenters. The van der Waals surface area contributed by atoms with E-state index in [0.717, 1.165) is 31.5 Å². The molecule has 1 aromatic heterocycles. The van der Waals surface area contributed by atoms with E-state index in [2.05, 4.69) is 10.6 Å². The average Bonchev–Trinajstić information content (AvgIpc) is 3.48. The van der Waals surface area contributed by atoms with Crippen LogP contribution in [0.15, 0.2) is 40.1 Å². The van der Waals surface area contributed by atoms with Crippen molar-refractivity contribution in [1.29, 1.82) is 5.41 Å². The molecule has 5 rings (SSSR count). The van der Waals surface area contributed by atoms with Crippen LogP contribution in [-0.2, 0) is 7.05 Å². The quantitative estimate of drug-likeness (QED) is 0.701. The minimum Gasteiger partial charge on any atom is -0.371 e. The second kappa shape index (κ2) is 7.78. The van der Waals surface area contributed by atoms with Gasteiger partial charge in [-0.05, 0) is 50.2 Å². The molecular formula is C23H30N6O. The summed E-state index contributed by atoms with van der Waals surface area (Å²) >= 11 is 0. The molecule has 158 valence electrons. The molecule has 0 unspecified atom stereocenters. The summed E-state index contributed by atoms with van der Waals surface area (Å²) in [6.45, 7) is 0.815. The zero-order chi connectivity index (χ0) is 20.7. The predicted molar refractivity (Wildman–Crippen MR) is 116 cm³/mol. The van der Waals surface area contributed by atoms with Crippen molar-refractivity contribution in [2.45, 2.75) is 57.0 Å². The Labute approximate surface area is 175 Å². The highest BCUT2D eigenvalue weighted by atomic mass is 16.1. The van der Waals surface area contributed by atoms with Crippen LogP contribution in [0.5, 0.6) is 0 Å². The molecule has 2 aromatic rings. The smallest absolute Gasteiger partial charge is 0.267 e. The van der Waals surface area contributed by atoms with Crippen molar-refractivity contribution in [2.75, 3.05) is 11.9 Å². The van der Waals surface area contributed by atoms with E-state index in [1.165, 1.54) is 25.7 Å².